The third-order valence-corrected chi connectivity index (χ3v) is 2.26. The molecule has 92 valence electrons. The van der Waals surface area contributed by atoms with Crippen LogP contribution in [0.4, 0.5) is 0 Å². The van der Waals surface area contributed by atoms with Crippen molar-refractivity contribution in [3.8, 4) is 5.75 Å². The average Bonchev–Trinajstić information content (AvgIpc) is 2.35. The van der Waals surface area contributed by atoms with E-state index in [2.05, 4.69) is 0 Å². The lowest BCUT2D eigenvalue weighted by Gasteiger charge is -2.03. The molecule has 1 aromatic carbocycles. The Morgan fingerprint density at radius 1 is 1.35 bits per heavy atom. The van der Waals surface area contributed by atoms with Crippen LogP contribution in [-0.2, 0) is 9.53 Å². The van der Waals surface area contributed by atoms with Crippen molar-refractivity contribution < 1.29 is 14.3 Å². The number of esters is 1. The van der Waals surface area contributed by atoms with E-state index in [0.29, 0.717) is 19.4 Å². The molecule has 0 amide bonds. The summed E-state index contributed by atoms with van der Waals surface area (Å²) in [7, 11) is 1.64. The zero-order valence-electron chi connectivity index (χ0n) is 10.3. The number of hydrogen-bond donors (Lipinski definition) is 0. The maximum absolute atomic E-state index is 11.1. The summed E-state index contributed by atoms with van der Waals surface area (Å²) in [6.45, 7) is 2.25. The average molecular weight is 234 g/mol. The number of allylic oxidation sites excluding steroid dienone is 1. The van der Waals surface area contributed by atoms with Gasteiger partial charge in [0.1, 0.15) is 5.75 Å². The van der Waals surface area contributed by atoms with Crippen LogP contribution in [0.3, 0.4) is 0 Å². The first-order valence-electron chi connectivity index (χ1n) is 5.73. The van der Waals surface area contributed by atoms with E-state index in [-0.39, 0.29) is 5.97 Å². The summed E-state index contributed by atoms with van der Waals surface area (Å²) >= 11 is 0. The number of hydrogen-bond acceptors (Lipinski definition) is 3. The van der Waals surface area contributed by atoms with Crippen molar-refractivity contribution in [1.82, 2.24) is 0 Å². The Balaban J connectivity index is 2.45. The van der Waals surface area contributed by atoms with Crippen LogP contribution in [0.5, 0.6) is 5.75 Å². The highest BCUT2D eigenvalue weighted by molar-refractivity contribution is 5.69. The number of para-hydroxylation sites is 1. The Hall–Kier alpha value is -1.77. The van der Waals surface area contributed by atoms with Gasteiger partial charge in [0, 0.05) is 12.0 Å². The highest BCUT2D eigenvalue weighted by atomic mass is 16.5. The van der Waals surface area contributed by atoms with E-state index in [1.165, 1.54) is 0 Å². The van der Waals surface area contributed by atoms with Gasteiger partial charge >= 0.3 is 5.97 Å². The summed E-state index contributed by atoms with van der Waals surface area (Å²) in [5, 5.41) is 0. The third-order valence-electron chi connectivity index (χ3n) is 2.26. The summed E-state index contributed by atoms with van der Waals surface area (Å²) in [6, 6.07) is 7.76. The Bertz CT molecular complexity index is 383. The second kappa shape index (κ2) is 7.49. The van der Waals surface area contributed by atoms with Gasteiger partial charge in [-0.2, -0.15) is 0 Å². The summed E-state index contributed by atoms with van der Waals surface area (Å²) in [5.41, 5.74) is 1.01. The summed E-state index contributed by atoms with van der Waals surface area (Å²) in [5.74, 6) is 0.678. The maximum Gasteiger partial charge on any atom is 0.306 e. The summed E-state index contributed by atoms with van der Waals surface area (Å²) in [4.78, 5) is 11.1. The van der Waals surface area contributed by atoms with Crippen molar-refractivity contribution in [1.29, 1.82) is 0 Å². The maximum atomic E-state index is 11.1. The van der Waals surface area contributed by atoms with Crippen molar-refractivity contribution in [3.05, 3.63) is 35.9 Å². The monoisotopic (exact) mass is 234 g/mol. The lowest BCUT2D eigenvalue weighted by Crippen LogP contribution is -2.02. The molecular weight excluding hydrogens is 216 g/mol. The van der Waals surface area contributed by atoms with Gasteiger partial charge in [0.2, 0.25) is 0 Å². The minimum Gasteiger partial charge on any atom is -0.496 e. The van der Waals surface area contributed by atoms with E-state index in [9.17, 15) is 4.79 Å². The number of carbonyl (C=O) groups is 1. The van der Waals surface area contributed by atoms with Crippen molar-refractivity contribution in [2.24, 2.45) is 0 Å². The molecule has 0 heterocycles. The predicted octanol–water partition coefficient (Wildman–Crippen LogP) is 3.05. The van der Waals surface area contributed by atoms with Crippen LogP contribution >= 0.6 is 0 Å². The molecule has 0 spiro atoms. The van der Waals surface area contributed by atoms with Gasteiger partial charge in [-0.05, 0) is 19.4 Å². The van der Waals surface area contributed by atoms with Gasteiger partial charge in [0.05, 0.1) is 13.7 Å². The van der Waals surface area contributed by atoms with Crippen molar-refractivity contribution in [3.63, 3.8) is 0 Å². The molecule has 0 unspecified atom stereocenters. The van der Waals surface area contributed by atoms with Gasteiger partial charge in [-0.25, -0.2) is 0 Å². The molecule has 0 aliphatic rings. The molecule has 0 bridgehead atoms. The number of ether oxygens (including phenoxy) is 2. The number of carbonyl (C=O) groups excluding carboxylic acids is 1. The molecule has 1 rings (SSSR count). The van der Waals surface area contributed by atoms with Crippen LogP contribution in [0.2, 0.25) is 0 Å². The van der Waals surface area contributed by atoms with Crippen LogP contribution in [0.1, 0.15) is 25.3 Å². The molecule has 0 aliphatic carbocycles. The quantitative estimate of drug-likeness (QED) is 0.710. The van der Waals surface area contributed by atoms with Crippen molar-refractivity contribution in [2.45, 2.75) is 19.8 Å². The molecule has 0 saturated heterocycles. The Morgan fingerprint density at radius 3 is 2.82 bits per heavy atom. The van der Waals surface area contributed by atoms with Crippen LogP contribution in [-0.4, -0.2) is 19.7 Å². The minimum atomic E-state index is -0.155. The Kier molecular flexibility index (Phi) is 5.86. The van der Waals surface area contributed by atoms with Crippen LogP contribution in [0, 0.1) is 0 Å². The molecule has 0 aliphatic heterocycles. The lowest BCUT2D eigenvalue weighted by atomic mass is 10.1. The molecule has 1 aromatic rings. The summed E-state index contributed by atoms with van der Waals surface area (Å²) < 4.78 is 10.1. The van der Waals surface area contributed by atoms with E-state index < -0.39 is 0 Å². The normalized spacial score (nSPS) is 10.5. The zero-order chi connectivity index (χ0) is 12.5. The van der Waals surface area contributed by atoms with E-state index >= 15 is 0 Å². The molecule has 3 nitrogen and oxygen atoms in total. The smallest absolute Gasteiger partial charge is 0.306 e. The van der Waals surface area contributed by atoms with Crippen LogP contribution in [0.15, 0.2) is 30.3 Å². The first kappa shape index (κ1) is 13.3. The van der Waals surface area contributed by atoms with Gasteiger partial charge in [-0.3, -0.25) is 4.79 Å². The van der Waals surface area contributed by atoms with Gasteiger partial charge in [-0.15, -0.1) is 0 Å². The molecule has 0 N–H and O–H groups in total. The van der Waals surface area contributed by atoms with E-state index in [1.54, 1.807) is 7.11 Å². The van der Waals surface area contributed by atoms with Gasteiger partial charge < -0.3 is 9.47 Å². The van der Waals surface area contributed by atoms with Crippen molar-refractivity contribution in [2.75, 3.05) is 13.7 Å². The predicted molar refractivity (Wildman–Crippen MR) is 67.9 cm³/mol. The van der Waals surface area contributed by atoms with E-state index in [1.807, 2.05) is 43.3 Å². The fraction of sp³-hybridized carbons (Fsp3) is 0.357. The second-order valence-electron chi connectivity index (χ2n) is 3.49. The molecule has 0 saturated carbocycles. The molecule has 0 aromatic heterocycles. The molecule has 0 fully saturated rings. The minimum absolute atomic E-state index is 0.155. The molecular formula is C14H18O3. The molecule has 0 atom stereocenters. The van der Waals surface area contributed by atoms with Gasteiger partial charge in [0.15, 0.2) is 0 Å². The fourth-order valence-corrected chi connectivity index (χ4v) is 1.45. The topological polar surface area (TPSA) is 35.5 Å². The SMILES string of the molecule is CCOC(=O)CCC=Cc1ccccc1OC. The standard InChI is InChI=1S/C14H18O3/c1-3-17-14(15)11-7-5-9-12-8-4-6-10-13(12)16-2/h4-6,8-10H,3,7,11H2,1-2H3. The van der Waals surface area contributed by atoms with Gasteiger partial charge in [-0.1, -0.05) is 30.4 Å². The first-order valence-corrected chi connectivity index (χ1v) is 5.73. The summed E-state index contributed by atoms with van der Waals surface area (Å²) in [6.07, 6.45) is 5.00. The fourth-order valence-electron chi connectivity index (χ4n) is 1.45. The van der Waals surface area contributed by atoms with E-state index in [4.69, 9.17) is 9.47 Å². The molecule has 17 heavy (non-hydrogen) atoms. The zero-order valence-corrected chi connectivity index (χ0v) is 10.3. The van der Waals surface area contributed by atoms with Crippen molar-refractivity contribution >= 4 is 12.0 Å². The van der Waals surface area contributed by atoms with E-state index in [0.717, 1.165) is 11.3 Å². The second-order valence-corrected chi connectivity index (χ2v) is 3.49. The highest BCUT2D eigenvalue weighted by Crippen LogP contribution is 2.18. The Morgan fingerprint density at radius 2 is 2.12 bits per heavy atom. The number of benzene rings is 1. The highest BCUT2D eigenvalue weighted by Gasteiger charge is 1.99. The third kappa shape index (κ3) is 4.72. The first-order chi connectivity index (χ1) is 8.27. The van der Waals surface area contributed by atoms with Crippen LogP contribution in [0.25, 0.3) is 6.08 Å². The molecule has 3 heteroatoms. The number of methoxy groups -OCH3 is 1. The lowest BCUT2D eigenvalue weighted by molar-refractivity contribution is -0.142. The van der Waals surface area contributed by atoms with Crippen LogP contribution < -0.4 is 4.74 Å². The van der Waals surface area contributed by atoms with Gasteiger partial charge in [0.25, 0.3) is 0 Å². The Labute approximate surface area is 102 Å². The number of rotatable bonds is 6. The molecule has 0 radical (unpaired) electrons. The largest absolute Gasteiger partial charge is 0.496 e.